The number of hydrogen-bond donors (Lipinski definition) is 1. The summed E-state index contributed by atoms with van der Waals surface area (Å²) >= 11 is 5.71. The van der Waals surface area contributed by atoms with E-state index in [2.05, 4.69) is 4.98 Å². The molecule has 0 aliphatic heterocycles. The molecule has 1 aromatic heterocycles. The number of pyridine rings is 1. The number of methoxy groups -OCH3 is 1. The van der Waals surface area contributed by atoms with Gasteiger partial charge < -0.3 is 9.84 Å². The summed E-state index contributed by atoms with van der Waals surface area (Å²) in [4.78, 5) is 4.31. The largest absolute Gasteiger partial charge is 0.496 e. The van der Waals surface area contributed by atoms with Gasteiger partial charge in [0, 0.05) is 40.0 Å². The molecule has 21 heavy (non-hydrogen) atoms. The van der Waals surface area contributed by atoms with Crippen LogP contribution in [-0.4, -0.2) is 17.2 Å². The van der Waals surface area contributed by atoms with Crippen LogP contribution in [-0.2, 0) is 6.42 Å². The molecular formula is C16H17ClFNO2. The van der Waals surface area contributed by atoms with Crippen molar-refractivity contribution in [1.29, 1.82) is 0 Å². The molecule has 0 aliphatic carbocycles. The Morgan fingerprint density at radius 1 is 1.38 bits per heavy atom. The summed E-state index contributed by atoms with van der Waals surface area (Å²) in [7, 11) is 1.59. The highest BCUT2D eigenvalue weighted by Gasteiger charge is 2.17. The van der Waals surface area contributed by atoms with Gasteiger partial charge in [0.25, 0.3) is 0 Å². The van der Waals surface area contributed by atoms with Crippen molar-refractivity contribution in [2.75, 3.05) is 7.11 Å². The normalized spacial score (nSPS) is 12.3. The summed E-state index contributed by atoms with van der Waals surface area (Å²) < 4.78 is 19.2. The van der Waals surface area contributed by atoms with Crippen LogP contribution < -0.4 is 4.74 Å². The van der Waals surface area contributed by atoms with Crippen molar-refractivity contribution >= 4 is 11.6 Å². The van der Waals surface area contributed by atoms with Gasteiger partial charge in [-0.05, 0) is 26.0 Å². The fraction of sp³-hybridized carbons (Fsp3) is 0.312. The molecule has 0 saturated carbocycles. The minimum atomic E-state index is -0.985. The number of aromatic nitrogens is 1. The van der Waals surface area contributed by atoms with Crippen molar-refractivity contribution in [1.82, 2.24) is 4.98 Å². The Bertz CT molecular complexity index is 661. The third kappa shape index (κ3) is 3.34. The van der Waals surface area contributed by atoms with Crippen LogP contribution in [0, 0.1) is 19.7 Å². The minimum absolute atomic E-state index is 0.208. The van der Waals surface area contributed by atoms with Crippen molar-refractivity contribution in [2.45, 2.75) is 26.4 Å². The highest BCUT2D eigenvalue weighted by molar-refractivity contribution is 6.30. The van der Waals surface area contributed by atoms with Crippen molar-refractivity contribution in [3.05, 3.63) is 57.6 Å². The third-order valence-electron chi connectivity index (χ3n) is 3.46. The second-order valence-electron chi connectivity index (χ2n) is 4.93. The highest BCUT2D eigenvalue weighted by atomic mass is 35.5. The number of hydrogen-bond acceptors (Lipinski definition) is 3. The molecule has 1 N–H and O–H groups in total. The van der Waals surface area contributed by atoms with E-state index in [1.54, 1.807) is 19.4 Å². The molecule has 2 rings (SSSR count). The van der Waals surface area contributed by atoms with Crippen LogP contribution in [0.2, 0.25) is 5.02 Å². The first-order valence-corrected chi connectivity index (χ1v) is 6.94. The molecule has 1 unspecified atom stereocenters. The van der Waals surface area contributed by atoms with Crippen LogP contribution in [0.1, 0.15) is 28.5 Å². The first-order valence-electron chi connectivity index (χ1n) is 6.56. The monoisotopic (exact) mass is 309 g/mol. The lowest BCUT2D eigenvalue weighted by Crippen LogP contribution is -2.08. The number of aryl methyl sites for hydroxylation is 1. The predicted octanol–water partition coefficient (Wildman–Crippen LogP) is 3.78. The van der Waals surface area contributed by atoms with E-state index >= 15 is 0 Å². The van der Waals surface area contributed by atoms with Gasteiger partial charge in [-0.3, -0.25) is 4.98 Å². The van der Waals surface area contributed by atoms with Crippen molar-refractivity contribution in [3.8, 4) is 5.75 Å². The van der Waals surface area contributed by atoms with E-state index in [9.17, 15) is 9.50 Å². The number of aliphatic hydroxyl groups excluding tert-OH is 1. The first kappa shape index (κ1) is 15.7. The maximum Gasteiger partial charge on any atom is 0.130 e. The topological polar surface area (TPSA) is 42.4 Å². The van der Waals surface area contributed by atoms with Gasteiger partial charge in [-0.1, -0.05) is 17.7 Å². The molecule has 2 aromatic rings. The highest BCUT2D eigenvalue weighted by Crippen LogP contribution is 2.28. The zero-order chi connectivity index (χ0) is 15.6. The second-order valence-corrected chi connectivity index (χ2v) is 5.37. The third-order valence-corrected chi connectivity index (χ3v) is 3.69. The zero-order valence-corrected chi connectivity index (χ0v) is 12.9. The maximum absolute atomic E-state index is 13.8. The van der Waals surface area contributed by atoms with Crippen LogP contribution in [0.15, 0.2) is 24.4 Å². The van der Waals surface area contributed by atoms with Gasteiger partial charge in [0.2, 0.25) is 0 Å². The number of nitrogens with zero attached hydrogens (tertiary/aromatic N) is 1. The van der Waals surface area contributed by atoms with E-state index in [1.165, 1.54) is 12.1 Å². The number of ether oxygens (including phenoxy) is 1. The van der Waals surface area contributed by atoms with Crippen LogP contribution in [0.25, 0.3) is 0 Å². The fourth-order valence-electron chi connectivity index (χ4n) is 2.34. The van der Waals surface area contributed by atoms with Gasteiger partial charge in [0.05, 0.1) is 13.2 Å². The molecule has 1 atom stereocenters. The number of rotatable bonds is 4. The van der Waals surface area contributed by atoms with E-state index in [-0.39, 0.29) is 12.0 Å². The Morgan fingerprint density at radius 3 is 2.71 bits per heavy atom. The van der Waals surface area contributed by atoms with Crippen molar-refractivity contribution in [3.63, 3.8) is 0 Å². The standard InChI is InChI=1S/C16H17ClFNO2/c1-9-8-19-14(10(2)16(9)21-3)7-15(20)12-5-4-11(17)6-13(12)18/h4-6,8,15,20H,7H2,1-3H3. The molecule has 5 heteroatoms. The van der Waals surface area contributed by atoms with Gasteiger partial charge in [-0.2, -0.15) is 0 Å². The molecule has 0 radical (unpaired) electrons. The van der Waals surface area contributed by atoms with Crippen LogP contribution in [0.4, 0.5) is 4.39 Å². The molecule has 0 fully saturated rings. The molecule has 0 bridgehead atoms. The summed E-state index contributed by atoms with van der Waals surface area (Å²) in [5.41, 5.74) is 2.66. The van der Waals surface area contributed by atoms with Crippen LogP contribution in [0.5, 0.6) is 5.75 Å². The average Bonchev–Trinajstić information content (AvgIpc) is 2.42. The average molecular weight is 310 g/mol. The smallest absolute Gasteiger partial charge is 0.130 e. The van der Waals surface area contributed by atoms with E-state index in [1.807, 2.05) is 13.8 Å². The lowest BCUT2D eigenvalue weighted by Gasteiger charge is -2.16. The molecule has 3 nitrogen and oxygen atoms in total. The van der Waals surface area contributed by atoms with E-state index in [0.717, 1.165) is 16.9 Å². The van der Waals surface area contributed by atoms with Crippen molar-refractivity contribution in [2.24, 2.45) is 0 Å². The molecule has 0 amide bonds. The van der Waals surface area contributed by atoms with E-state index in [0.29, 0.717) is 10.7 Å². The van der Waals surface area contributed by atoms with Gasteiger partial charge in [-0.25, -0.2) is 4.39 Å². The van der Waals surface area contributed by atoms with E-state index in [4.69, 9.17) is 16.3 Å². The molecule has 0 spiro atoms. The number of benzene rings is 1. The summed E-state index contributed by atoms with van der Waals surface area (Å²) in [5.74, 6) is 0.218. The number of halogens is 2. The minimum Gasteiger partial charge on any atom is -0.496 e. The van der Waals surface area contributed by atoms with Gasteiger partial charge in [0.1, 0.15) is 11.6 Å². The summed E-state index contributed by atoms with van der Waals surface area (Å²) in [6, 6.07) is 4.23. The Kier molecular flexibility index (Phi) is 4.80. The Labute approximate surface area is 128 Å². The SMILES string of the molecule is COc1c(C)cnc(CC(O)c2ccc(Cl)cc2F)c1C. The van der Waals surface area contributed by atoms with Gasteiger partial charge >= 0.3 is 0 Å². The molecular weight excluding hydrogens is 293 g/mol. The fourth-order valence-corrected chi connectivity index (χ4v) is 2.50. The molecule has 0 saturated heterocycles. The van der Waals surface area contributed by atoms with Gasteiger partial charge in [-0.15, -0.1) is 0 Å². The van der Waals surface area contributed by atoms with Crippen LogP contribution >= 0.6 is 11.6 Å². The Morgan fingerprint density at radius 2 is 2.10 bits per heavy atom. The Balaban J connectivity index is 2.29. The first-order chi connectivity index (χ1) is 9.93. The summed E-state index contributed by atoms with van der Waals surface area (Å²) in [5, 5.41) is 10.5. The van der Waals surface area contributed by atoms with E-state index < -0.39 is 11.9 Å². The summed E-state index contributed by atoms with van der Waals surface area (Å²) in [6.45, 7) is 3.77. The van der Waals surface area contributed by atoms with Crippen molar-refractivity contribution < 1.29 is 14.2 Å². The lowest BCUT2D eigenvalue weighted by atomic mass is 10.0. The molecule has 112 valence electrons. The lowest BCUT2D eigenvalue weighted by molar-refractivity contribution is 0.172. The molecule has 1 aromatic carbocycles. The Hall–Kier alpha value is -1.65. The van der Waals surface area contributed by atoms with Crippen LogP contribution in [0.3, 0.4) is 0 Å². The quantitative estimate of drug-likeness (QED) is 0.934. The number of aliphatic hydroxyl groups is 1. The predicted molar refractivity (Wildman–Crippen MR) is 80.3 cm³/mol. The van der Waals surface area contributed by atoms with Gasteiger partial charge in [0.15, 0.2) is 0 Å². The summed E-state index contributed by atoms with van der Waals surface area (Å²) in [6.07, 6.45) is 0.911. The second kappa shape index (κ2) is 6.41. The molecule has 0 aliphatic rings. The maximum atomic E-state index is 13.8. The molecule has 1 heterocycles. The zero-order valence-electron chi connectivity index (χ0n) is 12.2.